The van der Waals surface area contributed by atoms with E-state index in [1.165, 1.54) is 12.0 Å². The number of hydrogen-bond donors (Lipinski definition) is 1. The number of carbonyl (C=O) groups excluding carboxylic acids is 2. The number of aliphatic hydroxyl groups is 1. The van der Waals surface area contributed by atoms with Gasteiger partial charge in [0.2, 0.25) is 0 Å². The van der Waals surface area contributed by atoms with Gasteiger partial charge in [0.25, 0.3) is 11.7 Å². The summed E-state index contributed by atoms with van der Waals surface area (Å²) in [5.74, 6) is -0.206. The molecular weight excluding hydrogens is 494 g/mol. The van der Waals surface area contributed by atoms with Crippen molar-refractivity contribution < 1.29 is 28.9 Å². The summed E-state index contributed by atoms with van der Waals surface area (Å²) in [6.07, 6.45) is 0. The molecule has 1 heterocycles. The number of methoxy groups -OCH3 is 2. The lowest BCUT2D eigenvalue weighted by Crippen LogP contribution is -2.29. The van der Waals surface area contributed by atoms with E-state index < -0.39 is 17.7 Å². The summed E-state index contributed by atoms with van der Waals surface area (Å²) in [4.78, 5) is 28.7. The molecule has 1 aliphatic rings. The molecule has 7 nitrogen and oxygen atoms in total. The third kappa shape index (κ3) is 5.21. The zero-order valence-corrected chi connectivity index (χ0v) is 23.5. The quantitative estimate of drug-likeness (QED) is 0.219. The van der Waals surface area contributed by atoms with Gasteiger partial charge >= 0.3 is 0 Å². The van der Waals surface area contributed by atoms with Gasteiger partial charge in [-0.3, -0.25) is 14.5 Å². The van der Waals surface area contributed by atoms with Crippen LogP contribution < -0.4 is 19.1 Å². The SMILES string of the molecule is CCOc1cc(C2/C(=C(\O)c3cc(C(C)(C)C)ccc3C)C(=O)C(=O)N2c2cccc(OC)c2)ccc1OC. The van der Waals surface area contributed by atoms with Crippen LogP contribution in [0.5, 0.6) is 17.2 Å². The Kier molecular flexibility index (Phi) is 7.72. The summed E-state index contributed by atoms with van der Waals surface area (Å²) in [5.41, 5.74) is 3.17. The van der Waals surface area contributed by atoms with E-state index in [9.17, 15) is 14.7 Å². The number of aryl methyl sites for hydroxylation is 1. The van der Waals surface area contributed by atoms with Crippen LogP contribution in [0.15, 0.2) is 66.2 Å². The van der Waals surface area contributed by atoms with Crippen LogP contribution in [0.1, 0.15) is 56.0 Å². The molecule has 204 valence electrons. The molecule has 7 heteroatoms. The minimum Gasteiger partial charge on any atom is -0.507 e. The number of anilines is 1. The molecule has 0 aliphatic carbocycles. The van der Waals surface area contributed by atoms with Gasteiger partial charge in [-0.2, -0.15) is 0 Å². The van der Waals surface area contributed by atoms with E-state index >= 15 is 0 Å². The van der Waals surface area contributed by atoms with E-state index in [4.69, 9.17) is 14.2 Å². The lowest BCUT2D eigenvalue weighted by molar-refractivity contribution is -0.132. The maximum atomic E-state index is 13.7. The number of hydrogen-bond acceptors (Lipinski definition) is 6. The van der Waals surface area contributed by atoms with E-state index in [0.717, 1.165) is 11.1 Å². The second kappa shape index (κ2) is 10.8. The molecule has 1 aliphatic heterocycles. The van der Waals surface area contributed by atoms with Gasteiger partial charge in [-0.15, -0.1) is 0 Å². The Labute approximate surface area is 229 Å². The normalized spacial score (nSPS) is 16.9. The first-order valence-electron chi connectivity index (χ1n) is 12.9. The van der Waals surface area contributed by atoms with Crippen LogP contribution in [0.3, 0.4) is 0 Å². The Bertz CT molecular complexity index is 1450. The number of nitrogens with zero attached hydrogens (tertiary/aromatic N) is 1. The highest BCUT2D eigenvalue weighted by molar-refractivity contribution is 6.51. The molecule has 1 saturated heterocycles. The largest absolute Gasteiger partial charge is 0.507 e. The summed E-state index contributed by atoms with van der Waals surface area (Å²) in [5, 5.41) is 11.7. The zero-order valence-electron chi connectivity index (χ0n) is 23.5. The van der Waals surface area contributed by atoms with Gasteiger partial charge in [-0.05, 0) is 66.3 Å². The fourth-order valence-electron chi connectivity index (χ4n) is 4.79. The molecule has 1 amide bonds. The molecule has 4 rings (SSSR count). The molecule has 1 N–H and O–H groups in total. The first kappa shape index (κ1) is 27.8. The van der Waals surface area contributed by atoms with Crippen LogP contribution >= 0.6 is 0 Å². The Morgan fingerprint density at radius 1 is 0.949 bits per heavy atom. The minimum atomic E-state index is -0.917. The van der Waals surface area contributed by atoms with Gasteiger partial charge in [-0.25, -0.2) is 0 Å². The standard InChI is InChI=1S/C32H35NO6/c1-8-39-26-16-20(13-15-25(26)38-7)28-27(29(34)24-17-21(32(3,4)5)14-12-19(24)2)30(35)31(36)33(28)22-10-9-11-23(18-22)37-6/h9-18,28,34H,8H2,1-7H3/b29-27+. The molecule has 39 heavy (non-hydrogen) atoms. The van der Waals surface area contributed by atoms with E-state index in [1.54, 1.807) is 49.6 Å². The van der Waals surface area contributed by atoms with Crippen LogP contribution in [0.25, 0.3) is 5.76 Å². The molecule has 3 aromatic rings. The number of Topliss-reactive ketones (excluding diaryl/α,β-unsaturated/α-hetero) is 1. The number of rotatable bonds is 7. The van der Waals surface area contributed by atoms with Crippen molar-refractivity contribution in [2.24, 2.45) is 0 Å². The average molecular weight is 530 g/mol. The summed E-state index contributed by atoms with van der Waals surface area (Å²) in [7, 11) is 3.08. The lowest BCUT2D eigenvalue weighted by atomic mass is 9.84. The Balaban J connectivity index is 2.01. The second-order valence-corrected chi connectivity index (χ2v) is 10.5. The predicted molar refractivity (Wildman–Crippen MR) is 152 cm³/mol. The summed E-state index contributed by atoms with van der Waals surface area (Å²) in [6.45, 7) is 10.4. The van der Waals surface area contributed by atoms with Gasteiger partial charge < -0.3 is 19.3 Å². The topological polar surface area (TPSA) is 85.3 Å². The number of carbonyl (C=O) groups is 2. The minimum absolute atomic E-state index is 0.00425. The maximum absolute atomic E-state index is 13.7. The van der Waals surface area contributed by atoms with E-state index in [2.05, 4.69) is 20.8 Å². The van der Waals surface area contributed by atoms with Gasteiger partial charge in [0, 0.05) is 17.3 Å². The summed E-state index contributed by atoms with van der Waals surface area (Å²) in [6, 6.07) is 17.1. The molecule has 3 aromatic carbocycles. The molecule has 1 unspecified atom stereocenters. The highest BCUT2D eigenvalue weighted by atomic mass is 16.5. The van der Waals surface area contributed by atoms with Crippen LogP contribution in [0.4, 0.5) is 5.69 Å². The number of benzene rings is 3. The fraction of sp³-hybridized carbons (Fsp3) is 0.312. The number of ketones is 1. The lowest BCUT2D eigenvalue weighted by Gasteiger charge is -2.27. The van der Waals surface area contributed by atoms with E-state index in [1.807, 2.05) is 32.0 Å². The van der Waals surface area contributed by atoms with Crippen LogP contribution in [0, 0.1) is 6.92 Å². The highest BCUT2D eigenvalue weighted by Gasteiger charge is 2.47. The van der Waals surface area contributed by atoms with Crippen molar-refractivity contribution in [3.63, 3.8) is 0 Å². The van der Waals surface area contributed by atoms with Crippen molar-refractivity contribution in [3.05, 3.63) is 88.5 Å². The van der Waals surface area contributed by atoms with Gasteiger partial charge in [0.05, 0.1) is 32.4 Å². The maximum Gasteiger partial charge on any atom is 0.300 e. The Morgan fingerprint density at radius 3 is 2.33 bits per heavy atom. The molecule has 0 bridgehead atoms. The first-order valence-corrected chi connectivity index (χ1v) is 12.9. The van der Waals surface area contributed by atoms with Crippen molar-refractivity contribution >= 4 is 23.1 Å². The zero-order chi connectivity index (χ0) is 28.5. The monoisotopic (exact) mass is 529 g/mol. The molecule has 1 fully saturated rings. The molecule has 0 spiro atoms. The van der Waals surface area contributed by atoms with Crippen molar-refractivity contribution in [2.45, 2.75) is 46.1 Å². The predicted octanol–water partition coefficient (Wildman–Crippen LogP) is 6.33. The first-order chi connectivity index (χ1) is 18.5. The Hall–Kier alpha value is -4.26. The Morgan fingerprint density at radius 2 is 1.69 bits per heavy atom. The highest BCUT2D eigenvalue weighted by Crippen LogP contribution is 2.45. The van der Waals surface area contributed by atoms with Gasteiger partial charge in [0.15, 0.2) is 11.5 Å². The third-order valence-corrected chi connectivity index (χ3v) is 6.94. The van der Waals surface area contributed by atoms with E-state index in [0.29, 0.717) is 40.7 Å². The van der Waals surface area contributed by atoms with Crippen LogP contribution in [-0.2, 0) is 15.0 Å². The number of amides is 1. The molecule has 0 aromatic heterocycles. The summed E-state index contributed by atoms with van der Waals surface area (Å²) < 4.78 is 16.6. The van der Waals surface area contributed by atoms with E-state index in [-0.39, 0.29) is 16.7 Å². The van der Waals surface area contributed by atoms with Crippen molar-refractivity contribution in [2.75, 3.05) is 25.7 Å². The average Bonchev–Trinajstić information content (AvgIpc) is 3.18. The molecule has 0 saturated carbocycles. The number of aliphatic hydroxyl groups excluding tert-OH is 1. The summed E-state index contributed by atoms with van der Waals surface area (Å²) >= 11 is 0. The molecule has 1 atom stereocenters. The smallest absolute Gasteiger partial charge is 0.300 e. The van der Waals surface area contributed by atoms with Gasteiger partial charge in [-0.1, -0.05) is 45.0 Å². The molecular formula is C32H35NO6. The molecule has 0 radical (unpaired) electrons. The third-order valence-electron chi connectivity index (χ3n) is 6.94. The van der Waals surface area contributed by atoms with Crippen molar-refractivity contribution in [1.29, 1.82) is 0 Å². The number of ether oxygens (including phenoxy) is 3. The van der Waals surface area contributed by atoms with Crippen LogP contribution in [-0.4, -0.2) is 37.6 Å². The fourth-order valence-corrected chi connectivity index (χ4v) is 4.79. The van der Waals surface area contributed by atoms with Crippen LogP contribution in [0.2, 0.25) is 0 Å². The van der Waals surface area contributed by atoms with Crippen molar-refractivity contribution in [3.8, 4) is 17.2 Å². The van der Waals surface area contributed by atoms with Crippen molar-refractivity contribution in [1.82, 2.24) is 0 Å². The second-order valence-electron chi connectivity index (χ2n) is 10.5. The van der Waals surface area contributed by atoms with Gasteiger partial charge in [0.1, 0.15) is 11.5 Å².